The Morgan fingerprint density at radius 2 is 2.14 bits per heavy atom. The highest BCUT2D eigenvalue weighted by atomic mass is 35.5. The molecule has 1 aromatic carbocycles. The maximum atomic E-state index is 13.3. The van der Waals surface area contributed by atoms with E-state index >= 15 is 0 Å². The van der Waals surface area contributed by atoms with Gasteiger partial charge in [0, 0.05) is 16.6 Å². The number of halogens is 2. The maximum absolute atomic E-state index is 13.3. The molecule has 0 heterocycles. The van der Waals surface area contributed by atoms with E-state index in [2.05, 4.69) is 0 Å². The van der Waals surface area contributed by atoms with Crippen LogP contribution in [0.15, 0.2) is 18.2 Å². The van der Waals surface area contributed by atoms with Crippen LogP contribution in [0.25, 0.3) is 0 Å². The smallest absolute Gasteiger partial charge is 0.128 e. The summed E-state index contributed by atoms with van der Waals surface area (Å²) in [6.45, 7) is 0.565. The molecule has 0 bridgehead atoms. The monoisotopic (exact) mass is 216 g/mol. The van der Waals surface area contributed by atoms with Gasteiger partial charge in [0.15, 0.2) is 0 Å². The number of hydrogen-bond donors (Lipinski definition) is 2. The minimum absolute atomic E-state index is 0.307. The lowest BCUT2D eigenvalue weighted by molar-refractivity contribution is 0.553. The molecule has 1 atom stereocenters. The standard InChI is InChI=1S/C10H14ClFN2/c11-7-3-4-9(12)8(6-7)10(14)2-1-5-13/h3-4,6,10H,1-2,5,13-14H2/t10-/m1/s1. The van der Waals surface area contributed by atoms with E-state index in [1.807, 2.05) is 0 Å². The van der Waals surface area contributed by atoms with Crippen LogP contribution in [-0.2, 0) is 0 Å². The van der Waals surface area contributed by atoms with Crippen LogP contribution >= 0.6 is 11.6 Å². The molecule has 78 valence electrons. The molecule has 4 heteroatoms. The average Bonchev–Trinajstić information content (AvgIpc) is 2.18. The lowest BCUT2D eigenvalue weighted by atomic mass is 10.0. The summed E-state index contributed by atoms with van der Waals surface area (Å²) in [6.07, 6.45) is 1.46. The highest BCUT2D eigenvalue weighted by Gasteiger charge is 2.11. The molecule has 0 amide bonds. The third-order valence-corrected chi connectivity index (χ3v) is 2.31. The molecule has 1 aromatic rings. The van der Waals surface area contributed by atoms with Gasteiger partial charge in [0.2, 0.25) is 0 Å². The molecule has 0 aliphatic rings. The molecule has 0 radical (unpaired) electrons. The topological polar surface area (TPSA) is 52.0 Å². The first kappa shape index (κ1) is 11.4. The fourth-order valence-corrected chi connectivity index (χ4v) is 1.47. The van der Waals surface area contributed by atoms with E-state index < -0.39 is 0 Å². The van der Waals surface area contributed by atoms with Gasteiger partial charge in [-0.3, -0.25) is 0 Å². The van der Waals surface area contributed by atoms with Gasteiger partial charge in [-0.25, -0.2) is 4.39 Å². The number of benzene rings is 1. The van der Waals surface area contributed by atoms with Crippen LogP contribution in [0.3, 0.4) is 0 Å². The molecular weight excluding hydrogens is 203 g/mol. The molecule has 0 fully saturated rings. The van der Waals surface area contributed by atoms with Crippen LogP contribution in [0.5, 0.6) is 0 Å². The zero-order valence-corrected chi connectivity index (χ0v) is 8.60. The molecule has 0 saturated carbocycles. The van der Waals surface area contributed by atoms with E-state index in [4.69, 9.17) is 23.1 Å². The Balaban J connectivity index is 2.77. The quantitative estimate of drug-likeness (QED) is 0.811. The highest BCUT2D eigenvalue weighted by Crippen LogP contribution is 2.22. The van der Waals surface area contributed by atoms with Gasteiger partial charge < -0.3 is 11.5 Å². The van der Waals surface area contributed by atoms with Crippen molar-refractivity contribution in [3.8, 4) is 0 Å². The molecule has 4 N–H and O–H groups in total. The molecule has 0 aliphatic heterocycles. The third kappa shape index (κ3) is 2.94. The Morgan fingerprint density at radius 3 is 2.79 bits per heavy atom. The molecule has 0 saturated heterocycles. The van der Waals surface area contributed by atoms with Crippen molar-refractivity contribution in [2.75, 3.05) is 6.54 Å². The Bertz CT molecular complexity index is 304. The van der Waals surface area contributed by atoms with Crippen molar-refractivity contribution in [3.63, 3.8) is 0 Å². The van der Waals surface area contributed by atoms with Crippen LogP contribution in [0, 0.1) is 5.82 Å². The van der Waals surface area contributed by atoms with E-state index in [0.29, 0.717) is 23.6 Å². The number of rotatable bonds is 4. The second kappa shape index (κ2) is 5.29. The van der Waals surface area contributed by atoms with Crippen LogP contribution in [0.4, 0.5) is 4.39 Å². The molecule has 14 heavy (non-hydrogen) atoms. The van der Waals surface area contributed by atoms with Crippen molar-refractivity contribution < 1.29 is 4.39 Å². The summed E-state index contributed by atoms with van der Waals surface area (Å²) in [5, 5.41) is 0.504. The van der Waals surface area contributed by atoms with Crippen molar-refractivity contribution in [1.82, 2.24) is 0 Å². The van der Waals surface area contributed by atoms with E-state index in [1.54, 1.807) is 6.07 Å². The van der Waals surface area contributed by atoms with E-state index in [-0.39, 0.29) is 11.9 Å². The molecule has 0 aromatic heterocycles. The summed E-state index contributed by atoms with van der Waals surface area (Å²) in [7, 11) is 0. The molecule has 2 nitrogen and oxygen atoms in total. The summed E-state index contributed by atoms with van der Waals surface area (Å²) in [4.78, 5) is 0. The zero-order valence-electron chi connectivity index (χ0n) is 7.84. The highest BCUT2D eigenvalue weighted by molar-refractivity contribution is 6.30. The van der Waals surface area contributed by atoms with Crippen LogP contribution in [0.1, 0.15) is 24.4 Å². The Labute approximate surface area is 88.0 Å². The summed E-state index contributed by atoms with van der Waals surface area (Å²) in [6, 6.07) is 4.09. The second-order valence-electron chi connectivity index (χ2n) is 3.20. The Morgan fingerprint density at radius 1 is 1.43 bits per heavy atom. The summed E-state index contributed by atoms with van der Waals surface area (Å²) in [5.41, 5.74) is 11.6. The summed E-state index contributed by atoms with van der Waals surface area (Å²) < 4.78 is 13.3. The lowest BCUT2D eigenvalue weighted by Crippen LogP contribution is -2.14. The van der Waals surface area contributed by atoms with Gasteiger partial charge in [0.1, 0.15) is 5.82 Å². The van der Waals surface area contributed by atoms with Crippen LogP contribution in [-0.4, -0.2) is 6.54 Å². The average molecular weight is 217 g/mol. The number of nitrogens with two attached hydrogens (primary N) is 2. The van der Waals surface area contributed by atoms with Crippen LogP contribution in [0.2, 0.25) is 5.02 Å². The first-order chi connectivity index (χ1) is 6.65. The Kier molecular flexibility index (Phi) is 4.32. The zero-order chi connectivity index (χ0) is 10.6. The van der Waals surface area contributed by atoms with Crippen LogP contribution < -0.4 is 11.5 Å². The third-order valence-electron chi connectivity index (χ3n) is 2.08. The van der Waals surface area contributed by atoms with Gasteiger partial charge in [-0.15, -0.1) is 0 Å². The molecular formula is C10H14ClFN2. The van der Waals surface area contributed by atoms with Crippen molar-refractivity contribution in [2.24, 2.45) is 11.5 Å². The SMILES string of the molecule is NCCC[C@@H](N)c1cc(Cl)ccc1F. The summed E-state index contributed by atoms with van der Waals surface area (Å²) >= 11 is 5.75. The first-order valence-corrected chi connectivity index (χ1v) is 4.93. The van der Waals surface area contributed by atoms with Gasteiger partial charge in [-0.1, -0.05) is 11.6 Å². The predicted molar refractivity (Wildman–Crippen MR) is 56.6 cm³/mol. The normalized spacial score (nSPS) is 12.9. The molecule has 0 unspecified atom stereocenters. The fraction of sp³-hybridized carbons (Fsp3) is 0.400. The fourth-order valence-electron chi connectivity index (χ4n) is 1.29. The van der Waals surface area contributed by atoms with Crippen molar-refractivity contribution in [2.45, 2.75) is 18.9 Å². The molecule has 0 spiro atoms. The van der Waals surface area contributed by atoms with Gasteiger partial charge >= 0.3 is 0 Å². The minimum Gasteiger partial charge on any atom is -0.330 e. The minimum atomic E-state index is -0.322. The maximum Gasteiger partial charge on any atom is 0.128 e. The second-order valence-corrected chi connectivity index (χ2v) is 3.64. The summed E-state index contributed by atoms with van der Waals surface area (Å²) in [5.74, 6) is -0.307. The van der Waals surface area contributed by atoms with Gasteiger partial charge in [-0.05, 0) is 37.6 Å². The van der Waals surface area contributed by atoms with Gasteiger partial charge in [0.25, 0.3) is 0 Å². The Hall–Kier alpha value is -0.640. The van der Waals surface area contributed by atoms with E-state index in [0.717, 1.165) is 6.42 Å². The van der Waals surface area contributed by atoms with Crippen molar-refractivity contribution in [1.29, 1.82) is 0 Å². The molecule has 1 rings (SSSR count). The molecule has 0 aliphatic carbocycles. The largest absolute Gasteiger partial charge is 0.330 e. The van der Waals surface area contributed by atoms with E-state index in [1.165, 1.54) is 12.1 Å². The van der Waals surface area contributed by atoms with Gasteiger partial charge in [-0.2, -0.15) is 0 Å². The van der Waals surface area contributed by atoms with Gasteiger partial charge in [0.05, 0.1) is 0 Å². The number of hydrogen-bond acceptors (Lipinski definition) is 2. The van der Waals surface area contributed by atoms with Crippen molar-refractivity contribution >= 4 is 11.6 Å². The first-order valence-electron chi connectivity index (χ1n) is 4.55. The van der Waals surface area contributed by atoms with E-state index in [9.17, 15) is 4.39 Å². The lowest BCUT2D eigenvalue weighted by Gasteiger charge is -2.12. The predicted octanol–water partition coefficient (Wildman–Crippen LogP) is 2.22. The van der Waals surface area contributed by atoms with Crippen molar-refractivity contribution in [3.05, 3.63) is 34.6 Å².